The number of aliphatic carboxylic acids is 1. The van der Waals surface area contributed by atoms with Gasteiger partial charge in [-0.25, -0.2) is 0 Å². The molecule has 4 aliphatic carbocycles. The number of hydrogen-bond acceptors (Lipinski definition) is 1. The van der Waals surface area contributed by atoms with Crippen molar-refractivity contribution in [1.82, 2.24) is 0 Å². The summed E-state index contributed by atoms with van der Waals surface area (Å²) in [5.74, 6) is 4.90. The summed E-state index contributed by atoms with van der Waals surface area (Å²) in [4.78, 5) is 12.3. The monoisotopic (exact) mass is 512 g/mol. The topological polar surface area (TPSA) is 37.3 Å². The lowest BCUT2D eigenvalue weighted by molar-refractivity contribution is -0.144. The van der Waals surface area contributed by atoms with Gasteiger partial charge in [-0.3, -0.25) is 4.79 Å². The first-order valence-corrected chi connectivity index (χ1v) is 16.5. The zero-order valence-corrected chi connectivity index (χ0v) is 25.4. The molecule has 2 nitrogen and oxygen atoms in total. The Hall–Kier alpha value is -0.790. The van der Waals surface area contributed by atoms with E-state index in [1.807, 2.05) is 0 Å². The highest BCUT2D eigenvalue weighted by Crippen LogP contribution is 2.67. The molecule has 0 aromatic rings. The van der Waals surface area contributed by atoms with Gasteiger partial charge in [-0.05, 0) is 110 Å². The Morgan fingerprint density at radius 3 is 2.43 bits per heavy atom. The van der Waals surface area contributed by atoms with Gasteiger partial charge in [0.1, 0.15) is 0 Å². The van der Waals surface area contributed by atoms with Crippen molar-refractivity contribution in [3.05, 3.63) is 11.6 Å². The number of allylic oxidation sites excluding steroid dienone is 2. The highest BCUT2D eigenvalue weighted by Gasteiger charge is 2.59. The molecule has 0 saturated heterocycles. The summed E-state index contributed by atoms with van der Waals surface area (Å²) in [5.41, 5.74) is 2.53. The number of fused-ring (bicyclic) bond motifs is 5. The Bertz CT molecular complexity index is 797. The average Bonchev–Trinajstić information content (AvgIpc) is 3.20. The number of carboxylic acid groups (broad SMARTS) is 1. The normalized spacial score (nSPS) is 38.9. The molecule has 1 N–H and O–H groups in total. The van der Waals surface area contributed by atoms with E-state index in [4.69, 9.17) is 0 Å². The predicted molar refractivity (Wildman–Crippen MR) is 156 cm³/mol. The van der Waals surface area contributed by atoms with Crippen molar-refractivity contribution >= 4 is 5.97 Å². The Kier molecular flexibility index (Phi) is 9.60. The van der Waals surface area contributed by atoms with Gasteiger partial charge in [-0.2, -0.15) is 0 Å². The van der Waals surface area contributed by atoms with Crippen molar-refractivity contribution in [1.29, 1.82) is 0 Å². The van der Waals surface area contributed by atoms with E-state index in [9.17, 15) is 9.90 Å². The maximum atomic E-state index is 12.3. The molecule has 0 aliphatic heterocycles. The van der Waals surface area contributed by atoms with Crippen LogP contribution >= 0.6 is 0 Å². The highest BCUT2D eigenvalue weighted by molar-refractivity contribution is 5.70. The van der Waals surface area contributed by atoms with Crippen LogP contribution in [-0.4, -0.2) is 11.1 Å². The van der Waals surface area contributed by atoms with Crippen molar-refractivity contribution in [2.75, 3.05) is 0 Å². The summed E-state index contributed by atoms with van der Waals surface area (Å²) < 4.78 is 0. The molecule has 1 unspecified atom stereocenters. The molecule has 0 spiro atoms. The average molecular weight is 513 g/mol. The van der Waals surface area contributed by atoms with Crippen molar-refractivity contribution < 1.29 is 9.90 Å². The molecule has 0 bridgehead atoms. The minimum Gasteiger partial charge on any atom is -0.481 e. The lowest BCUT2D eigenvalue weighted by Gasteiger charge is -2.59. The zero-order valence-electron chi connectivity index (χ0n) is 25.4. The van der Waals surface area contributed by atoms with Crippen LogP contribution in [0.2, 0.25) is 0 Å². The Morgan fingerprint density at radius 2 is 1.73 bits per heavy atom. The van der Waals surface area contributed by atoms with Crippen molar-refractivity contribution in [3.8, 4) is 0 Å². The molecule has 4 rings (SSSR count). The van der Waals surface area contributed by atoms with Crippen LogP contribution < -0.4 is 0 Å². The molecule has 37 heavy (non-hydrogen) atoms. The van der Waals surface area contributed by atoms with Gasteiger partial charge in [-0.1, -0.05) is 98.1 Å². The molecule has 0 amide bonds. The lowest BCUT2D eigenvalue weighted by Crippen LogP contribution is -2.51. The molecule has 2 heteroatoms. The van der Waals surface area contributed by atoms with Gasteiger partial charge in [0, 0.05) is 0 Å². The molecule has 212 valence electrons. The van der Waals surface area contributed by atoms with Gasteiger partial charge in [-0.15, -0.1) is 0 Å². The molecule has 0 aromatic heterocycles. The van der Waals surface area contributed by atoms with E-state index >= 15 is 0 Å². The van der Waals surface area contributed by atoms with E-state index in [0.717, 1.165) is 61.2 Å². The van der Waals surface area contributed by atoms with Gasteiger partial charge in [0.05, 0.1) is 5.92 Å². The molecule has 3 saturated carbocycles. The molecule has 4 aliphatic rings. The van der Waals surface area contributed by atoms with Crippen LogP contribution in [0.25, 0.3) is 0 Å². The molecule has 0 radical (unpaired) electrons. The lowest BCUT2D eigenvalue weighted by atomic mass is 9.46. The predicted octanol–water partition coefficient (Wildman–Crippen LogP) is 10.3. The quantitative estimate of drug-likeness (QED) is 0.208. The number of hydrogen-bond donors (Lipinski definition) is 1. The van der Waals surface area contributed by atoms with Crippen LogP contribution in [-0.2, 0) is 4.79 Å². The molecular formula is C35H60O2. The van der Waals surface area contributed by atoms with Gasteiger partial charge in [0.2, 0.25) is 0 Å². The van der Waals surface area contributed by atoms with Gasteiger partial charge in [0.15, 0.2) is 0 Å². The van der Waals surface area contributed by atoms with E-state index in [1.165, 1.54) is 77.0 Å². The second-order valence-electron chi connectivity index (χ2n) is 15.1. The summed E-state index contributed by atoms with van der Waals surface area (Å²) in [6.07, 6.45) is 22.9. The molecule has 0 heterocycles. The molecule has 3 fully saturated rings. The fourth-order valence-electron chi connectivity index (χ4n) is 10.4. The Morgan fingerprint density at radius 1 is 0.946 bits per heavy atom. The number of unbranched alkanes of at least 4 members (excludes halogenated alkanes) is 3. The van der Waals surface area contributed by atoms with Crippen LogP contribution in [0.1, 0.15) is 144 Å². The molecule has 9 atom stereocenters. The maximum absolute atomic E-state index is 12.3. The van der Waals surface area contributed by atoms with Gasteiger partial charge in [0.25, 0.3) is 0 Å². The molecule has 0 aromatic carbocycles. The summed E-state index contributed by atoms with van der Waals surface area (Å²) in [6, 6.07) is 0. The van der Waals surface area contributed by atoms with E-state index in [0.29, 0.717) is 16.7 Å². The SMILES string of the molecule is CCCCCCC(C(=O)O)[C@H]1CC[C@@]2(C)C(=CC[C@H]3[C@@H]4CC[C@H]([C@H](C)CCCC(C)C)[C@@]4(C)CC[C@@H]32)C1. The van der Waals surface area contributed by atoms with Crippen LogP contribution in [0.4, 0.5) is 0 Å². The van der Waals surface area contributed by atoms with Gasteiger partial charge < -0.3 is 5.11 Å². The Labute approximate surface area is 229 Å². The fourth-order valence-corrected chi connectivity index (χ4v) is 10.4. The fraction of sp³-hybridized carbons (Fsp3) is 0.914. The van der Waals surface area contributed by atoms with E-state index in [-0.39, 0.29) is 5.92 Å². The largest absolute Gasteiger partial charge is 0.481 e. The standard InChI is InChI=1S/C35H60O2/c1-7-8-9-10-14-28(33(36)37)26-19-21-34(5)27(23-26)15-16-29-31-18-17-30(25(4)13-11-12-24(2)3)35(31,6)22-20-32(29)34/h15,24-26,28-32H,7-14,16-23H2,1-6H3,(H,36,37)/t25-,26+,28?,29+,30-,31+,32+,34+,35-/m1/s1. The van der Waals surface area contributed by atoms with Gasteiger partial charge >= 0.3 is 5.97 Å². The number of rotatable bonds is 12. The second kappa shape index (κ2) is 12.2. The minimum atomic E-state index is -0.535. The van der Waals surface area contributed by atoms with E-state index in [2.05, 4.69) is 47.6 Å². The smallest absolute Gasteiger partial charge is 0.306 e. The van der Waals surface area contributed by atoms with Crippen LogP contribution in [0.15, 0.2) is 11.6 Å². The van der Waals surface area contributed by atoms with Crippen molar-refractivity contribution in [2.45, 2.75) is 144 Å². The Balaban J connectivity index is 1.43. The summed E-state index contributed by atoms with van der Waals surface area (Å²) >= 11 is 0. The first kappa shape index (κ1) is 29.2. The third kappa shape index (κ3) is 5.89. The first-order chi connectivity index (χ1) is 17.6. The minimum absolute atomic E-state index is 0.137. The molecular weight excluding hydrogens is 452 g/mol. The summed E-state index contributed by atoms with van der Waals surface area (Å²) in [6.45, 7) is 14.8. The van der Waals surface area contributed by atoms with Crippen LogP contribution in [0, 0.1) is 58.2 Å². The maximum Gasteiger partial charge on any atom is 0.306 e. The third-order valence-electron chi connectivity index (χ3n) is 12.6. The summed E-state index contributed by atoms with van der Waals surface area (Å²) in [5, 5.41) is 10.1. The van der Waals surface area contributed by atoms with E-state index < -0.39 is 5.97 Å². The van der Waals surface area contributed by atoms with Crippen molar-refractivity contribution in [2.24, 2.45) is 58.2 Å². The zero-order chi connectivity index (χ0) is 26.8. The summed E-state index contributed by atoms with van der Waals surface area (Å²) in [7, 11) is 0. The second-order valence-corrected chi connectivity index (χ2v) is 15.1. The van der Waals surface area contributed by atoms with Crippen LogP contribution in [0.5, 0.6) is 0 Å². The van der Waals surface area contributed by atoms with E-state index in [1.54, 1.807) is 5.57 Å². The first-order valence-electron chi connectivity index (χ1n) is 16.5. The number of carboxylic acids is 1. The number of carbonyl (C=O) groups is 1. The van der Waals surface area contributed by atoms with Crippen LogP contribution in [0.3, 0.4) is 0 Å². The third-order valence-corrected chi connectivity index (χ3v) is 12.6. The highest BCUT2D eigenvalue weighted by atomic mass is 16.4. The van der Waals surface area contributed by atoms with Crippen molar-refractivity contribution in [3.63, 3.8) is 0 Å².